The highest BCUT2D eigenvalue weighted by molar-refractivity contribution is 6.27. The van der Waals surface area contributed by atoms with Crippen molar-refractivity contribution in [3.05, 3.63) is 231 Å². The van der Waals surface area contributed by atoms with Gasteiger partial charge in [0.05, 0.1) is 0 Å². The molecule has 0 unspecified atom stereocenters. The van der Waals surface area contributed by atoms with Gasteiger partial charge in [-0.25, -0.2) is 0 Å². The van der Waals surface area contributed by atoms with Gasteiger partial charge in [-0.2, -0.15) is 0 Å². The fraction of sp³-hybridized carbons (Fsp3) is 0. The van der Waals surface area contributed by atoms with E-state index in [1.54, 1.807) is 0 Å². The highest BCUT2D eigenvalue weighted by Gasteiger charge is 2.19. The van der Waals surface area contributed by atoms with Crippen LogP contribution >= 0.6 is 0 Å². The van der Waals surface area contributed by atoms with Gasteiger partial charge in [0.2, 0.25) is 0 Å². The molecule has 0 amide bonds. The van der Waals surface area contributed by atoms with Crippen molar-refractivity contribution in [2.45, 2.75) is 0 Å². The molecule has 0 heterocycles. The molecule has 0 bridgehead atoms. The maximum Gasteiger partial charge on any atom is -0.00206 e. The molecule has 13 aromatic rings. The standard InChI is InChI=1S/C62H38/c1-3-10-39(11-4-1)47-18-9-19-50(36-47)58-38-49(29-33-54(58)52-31-25-46-23-21-42-15-8-17-44-27-35-56(52)62(46)60(42)44)48-28-32-53(57(37-48)40-12-5-2-6-13-40)51-30-24-45-22-20-41-14-7-16-43-26-34-55(51)61(45)59(41)43/h1-38H. The van der Waals surface area contributed by atoms with Crippen LogP contribution in [-0.2, 0) is 0 Å². The predicted octanol–water partition coefficient (Wildman–Crippen LogP) is 17.5. The highest BCUT2D eigenvalue weighted by atomic mass is 14.2. The van der Waals surface area contributed by atoms with E-state index in [0.717, 1.165) is 0 Å². The number of benzene rings is 13. The van der Waals surface area contributed by atoms with E-state index in [1.165, 1.54) is 131 Å². The summed E-state index contributed by atoms with van der Waals surface area (Å²) in [6.45, 7) is 0. The van der Waals surface area contributed by atoms with Crippen LogP contribution in [0, 0.1) is 0 Å². The zero-order valence-electron chi connectivity index (χ0n) is 33.9. The lowest BCUT2D eigenvalue weighted by Crippen LogP contribution is -1.93. The Morgan fingerprint density at radius 3 is 1.03 bits per heavy atom. The molecule has 13 rings (SSSR count). The Kier molecular flexibility index (Phi) is 7.71. The average molecular weight is 783 g/mol. The summed E-state index contributed by atoms with van der Waals surface area (Å²) in [5.41, 5.74) is 14.6. The van der Waals surface area contributed by atoms with E-state index >= 15 is 0 Å². The third-order valence-corrected chi connectivity index (χ3v) is 13.4. The van der Waals surface area contributed by atoms with Gasteiger partial charge in [0.1, 0.15) is 0 Å². The molecule has 0 N–H and O–H groups in total. The molecule has 0 radical (unpaired) electrons. The van der Waals surface area contributed by atoms with Crippen molar-refractivity contribution in [3.8, 4) is 66.8 Å². The zero-order chi connectivity index (χ0) is 40.7. The second-order valence-corrected chi connectivity index (χ2v) is 16.8. The van der Waals surface area contributed by atoms with E-state index in [0.29, 0.717) is 0 Å². The molecule has 0 atom stereocenters. The van der Waals surface area contributed by atoms with Crippen molar-refractivity contribution >= 4 is 64.6 Å². The minimum atomic E-state index is 1.19. The molecule has 0 aliphatic carbocycles. The van der Waals surface area contributed by atoms with Crippen LogP contribution in [-0.4, -0.2) is 0 Å². The second-order valence-electron chi connectivity index (χ2n) is 16.8. The molecular weight excluding hydrogens is 745 g/mol. The summed E-state index contributed by atoms with van der Waals surface area (Å²) in [5, 5.41) is 15.6. The maximum absolute atomic E-state index is 2.43. The fourth-order valence-corrected chi connectivity index (χ4v) is 10.4. The first-order chi connectivity index (χ1) is 30.7. The predicted molar refractivity (Wildman–Crippen MR) is 266 cm³/mol. The van der Waals surface area contributed by atoms with Crippen LogP contribution in [0.2, 0.25) is 0 Å². The number of hydrogen-bond acceptors (Lipinski definition) is 0. The third kappa shape index (κ3) is 5.40. The Bertz CT molecular complexity index is 3810. The van der Waals surface area contributed by atoms with E-state index in [2.05, 4.69) is 231 Å². The Morgan fingerprint density at radius 2 is 0.516 bits per heavy atom. The summed E-state index contributed by atoms with van der Waals surface area (Å²) in [7, 11) is 0. The molecule has 0 saturated carbocycles. The first kappa shape index (κ1) is 34.8. The monoisotopic (exact) mass is 782 g/mol. The smallest absolute Gasteiger partial charge is 0.00206 e. The van der Waals surface area contributed by atoms with Crippen LogP contribution in [0.15, 0.2) is 231 Å². The van der Waals surface area contributed by atoms with E-state index in [9.17, 15) is 0 Å². The van der Waals surface area contributed by atoms with Crippen LogP contribution in [0.1, 0.15) is 0 Å². The second kappa shape index (κ2) is 13.7. The Balaban J connectivity index is 1.03. The molecule has 13 aromatic carbocycles. The largest absolute Gasteiger partial charge is 0.0622 e. The summed E-state index contributed by atoms with van der Waals surface area (Å²) in [4.78, 5) is 0. The van der Waals surface area contributed by atoms with Crippen LogP contribution in [0.3, 0.4) is 0 Å². The summed E-state index contributed by atoms with van der Waals surface area (Å²) in [6, 6.07) is 85.8. The molecule has 0 heteroatoms. The van der Waals surface area contributed by atoms with Crippen LogP contribution in [0.4, 0.5) is 0 Å². The minimum Gasteiger partial charge on any atom is -0.0622 e. The van der Waals surface area contributed by atoms with Gasteiger partial charge in [0.15, 0.2) is 0 Å². The molecule has 286 valence electrons. The quantitative estimate of drug-likeness (QED) is 0.147. The first-order valence-corrected chi connectivity index (χ1v) is 21.6. The van der Waals surface area contributed by atoms with Gasteiger partial charge in [0.25, 0.3) is 0 Å². The van der Waals surface area contributed by atoms with Crippen molar-refractivity contribution < 1.29 is 0 Å². The van der Waals surface area contributed by atoms with Crippen LogP contribution < -0.4 is 0 Å². The van der Waals surface area contributed by atoms with Crippen LogP contribution in [0.25, 0.3) is 131 Å². The van der Waals surface area contributed by atoms with Crippen LogP contribution in [0.5, 0.6) is 0 Å². The van der Waals surface area contributed by atoms with Gasteiger partial charge in [-0.05, 0) is 150 Å². The Morgan fingerprint density at radius 1 is 0.161 bits per heavy atom. The van der Waals surface area contributed by atoms with Crippen molar-refractivity contribution in [1.82, 2.24) is 0 Å². The molecule has 0 saturated heterocycles. The molecule has 0 aromatic heterocycles. The summed E-state index contributed by atoms with van der Waals surface area (Å²) in [5.74, 6) is 0. The molecule has 0 nitrogen and oxygen atoms in total. The summed E-state index contributed by atoms with van der Waals surface area (Å²) < 4.78 is 0. The summed E-state index contributed by atoms with van der Waals surface area (Å²) >= 11 is 0. The average Bonchev–Trinajstić information content (AvgIpc) is 3.35. The van der Waals surface area contributed by atoms with Gasteiger partial charge in [-0.3, -0.25) is 0 Å². The maximum atomic E-state index is 2.43. The lowest BCUT2D eigenvalue weighted by molar-refractivity contribution is 1.55. The van der Waals surface area contributed by atoms with Gasteiger partial charge in [-0.1, -0.05) is 212 Å². The molecule has 0 spiro atoms. The Labute approximate surface area is 360 Å². The third-order valence-electron chi connectivity index (χ3n) is 13.4. The lowest BCUT2D eigenvalue weighted by atomic mass is 9.84. The van der Waals surface area contributed by atoms with Crippen molar-refractivity contribution in [3.63, 3.8) is 0 Å². The molecule has 0 aliphatic rings. The van der Waals surface area contributed by atoms with E-state index in [4.69, 9.17) is 0 Å². The van der Waals surface area contributed by atoms with E-state index in [-0.39, 0.29) is 0 Å². The van der Waals surface area contributed by atoms with Crippen molar-refractivity contribution in [2.75, 3.05) is 0 Å². The number of rotatable bonds is 6. The van der Waals surface area contributed by atoms with E-state index in [1.807, 2.05) is 0 Å². The zero-order valence-corrected chi connectivity index (χ0v) is 33.9. The topological polar surface area (TPSA) is 0 Å². The fourth-order valence-electron chi connectivity index (χ4n) is 10.4. The van der Waals surface area contributed by atoms with E-state index < -0.39 is 0 Å². The normalized spacial score (nSPS) is 11.9. The van der Waals surface area contributed by atoms with Crippen molar-refractivity contribution in [2.24, 2.45) is 0 Å². The molecule has 0 aliphatic heterocycles. The molecule has 62 heavy (non-hydrogen) atoms. The molecular formula is C62H38. The van der Waals surface area contributed by atoms with Crippen molar-refractivity contribution in [1.29, 1.82) is 0 Å². The number of hydrogen-bond donors (Lipinski definition) is 0. The lowest BCUT2D eigenvalue weighted by Gasteiger charge is -2.19. The van der Waals surface area contributed by atoms with Gasteiger partial charge >= 0.3 is 0 Å². The highest BCUT2D eigenvalue weighted by Crippen LogP contribution is 2.46. The Hall–Kier alpha value is -8.06. The van der Waals surface area contributed by atoms with Gasteiger partial charge in [-0.15, -0.1) is 0 Å². The van der Waals surface area contributed by atoms with Gasteiger partial charge in [0, 0.05) is 0 Å². The summed E-state index contributed by atoms with van der Waals surface area (Å²) in [6.07, 6.45) is 0. The molecule has 0 fully saturated rings. The first-order valence-electron chi connectivity index (χ1n) is 21.6. The minimum absolute atomic E-state index is 1.19. The SMILES string of the molecule is c1ccc(-c2cccc(-c3cc(-c4ccc(-c5ccc6ccc7cccc8ccc5c6c78)c(-c5ccccc5)c4)ccc3-c3ccc4ccc5cccc6ccc3c4c56)c2)cc1. The van der Waals surface area contributed by atoms with Gasteiger partial charge < -0.3 is 0 Å².